The number of hydrogen-bond donors (Lipinski definition) is 2. The molecule has 0 saturated heterocycles. The molecule has 4 aromatic rings. The number of halogens is 1. The third kappa shape index (κ3) is 4.52. The number of hydrogen-bond acceptors (Lipinski definition) is 6. The lowest BCUT2D eigenvalue weighted by Crippen LogP contribution is -2.15. The van der Waals surface area contributed by atoms with Gasteiger partial charge in [-0.1, -0.05) is 22.9 Å². The summed E-state index contributed by atoms with van der Waals surface area (Å²) in [5, 5.41) is 13.5. The predicted molar refractivity (Wildman–Crippen MR) is 115 cm³/mol. The van der Waals surface area contributed by atoms with Crippen molar-refractivity contribution >= 4 is 28.3 Å². The lowest BCUT2D eigenvalue weighted by molar-refractivity contribution is 0.646. The molecule has 0 radical (unpaired) electrons. The Labute approximate surface area is 173 Å². The maximum Gasteiger partial charge on any atom is 0.123 e. The fourth-order valence-electron chi connectivity index (χ4n) is 3.41. The van der Waals surface area contributed by atoms with Gasteiger partial charge in [0.2, 0.25) is 0 Å². The Hall–Kier alpha value is -3.03. The van der Waals surface area contributed by atoms with Crippen molar-refractivity contribution in [3.05, 3.63) is 75.8 Å². The minimum atomic E-state index is 0.554. The molecule has 0 atom stereocenters. The fraction of sp³-hybridized carbons (Fsp3) is 0.238. The van der Waals surface area contributed by atoms with Gasteiger partial charge in [0.05, 0.1) is 29.0 Å². The average Bonchev–Trinajstić information content (AvgIpc) is 3.10. The fourth-order valence-corrected chi connectivity index (χ4v) is 3.57. The highest BCUT2D eigenvalue weighted by molar-refractivity contribution is 6.31. The second-order valence-corrected chi connectivity index (χ2v) is 7.56. The van der Waals surface area contributed by atoms with Crippen molar-refractivity contribution in [3.63, 3.8) is 0 Å². The molecule has 8 heteroatoms. The Morgan fingerprint density at radius 2 is 2.00 bits per heavy atom. The van der Waals surface area contributed by atoms with Crippen LogP contribution in [0.25, 0.3) is 10.9 Å². The van der Waals surface area contributed by atoms with Crippen molar-refractivity contribution in [2.45, 2.75) is 33.5 Å². The molecule has 0 saturated carbocycles. The third-order valence-electron chi connectivity index (χ3n) is 4.82. The largest absolute Gasteiger partial charge is 0.384 e. The molecule has 3 heterocycles. The van der Waals surface area contributed by atoms with Gasteiger partial charge in [-0.15, -0.1) is 5.10 Å². The summed E-state index contributed by atoms with van der Waals surface area (Å²) in [6, 6.07) is 9.92. The standard InChI is InChI=1S/C21H22ClN7/c1-13-5-21(23)26-14(2)19(13)10-24-9-18-12-29(28-27-18)11-15-3-4-20-16(6-15)7-17(22)8-25-20/h3-8,12,24H,9-11H2,1-2H3,(H2,23,26). The van der Waals surface area contributed by atoms with Crippen LogP contribution in [0.1, 0.15) is 28.1 Å². The van der Waals surface area contributed by atoms with Crippen LogP contribution in [0.3, 0.4) is 0 Å². The first-order valence-corrected chi connectivity index (χ1v) is 9.72. The number of rotatable bonds is 6. The van der Waals surface area contributed by atoms with Crippen molar-refractivity contribution < 1.29 is 0 Å². The quantitative estimate of drug-likeness (QED) is 0.508. The van der Waals surface area contributed by atoms with Gasteiger partial charge in [0.25, 0.3) is 0 Å². The summed E-state index contributed by atoms with van der Waals surface area (Å²) < 4.78 is 1.83. The molecule has 7 nitrogen and oxygen atoms in total. The van der Waals surface area contributed by atoms with E-state index in [1.807, 2.05) is 49.0 Å². The molecule has 29 heavy (non-hydrogen) atoms. The Morgan fingerprint density at radius 3 is 2.83 bits per heavy atom. The van der Waals surface area contributed by atoms with Gasteiger partial charge < -0.3 is 11.1 Å². The predicted octanol–water partition coefficient (Wildman–Crippen LogP) is 3.41. The topological polar surface area (TPSA) is 94.5 Å². The van der Waals surface area contributed by atoms with Crippen LogP contribution in [-0.4, -0.2) is 25.0 Å². The van der Waals surface area contributed by atoms with Crippen LogP contribution in [0, 0.1) is 13.8 Å². The lowest BCUT2D eigenvalue weighted by Gasteiger charge is -2.10. The van der Waals surface area contributed by atoms with Gasteiger partial charge >= 0.3 is 0 Å². The molecule has 148 valence electrons. The Balaban J connectivity index is 1.39. The lowest BCUT2D eigenvalue weighted by atomic mass is 10.1. The molecule has 0 bridgehead atoms. The van der Waals surface area contributed by atoms with E-state index in [1.54, 1.807) is 6.20 Å². The Bertz CT molecular complexity index is 1150. The van der Waals surface area contributed by atoms with E-state index in [4.69, 9.17) is 17.3 Å². The monoisotopic (exact) mass is 407 g/mol. The normalized spacial score (nSPS) is 11.3. The van der Waals surface area contributed by atoms with Crippen molar-refractivity contribution in [3.8, 4) is 0 Å². The number of nitrogens with one attached hydrogen (secondary N) is 1. The number of nitrogens with zero attached hydrogens (tertiary/aromatic N) is 5. The van der Waals surface area contributed by atoms with Crippen LogP contribution in [-0.2, 0) is 19.6 Å². The molecule has 0 spiro atoms. The zero-order chi connectivity index (χ0) is 20.4. The van der Waals surface area contributed by atoms with E-state index in [0.717, 1.165) is 39.0 Å². The molecule has 0 aliphatic carbocycles. The van der Waals surface area contributed by atoms with Crippen LogP contribution >= 0.6 is 11.6 Å². The number of aryl methyl sites for hydroxylation is 2. The van der Waals surface area contributed by atoms with Gasteiger partial charge in [0.15, 0.2) is 0 Å². The van der Waals surface area contributed by atoms with E-state index in [9.17, 15) is 0 Å². The average molecular weight is 408 g/mol. The van der Waals surface area contributed by atoms with Crippen molar-refractivity contribution in [2.75, 3.05) is 5.73 Å². The molecular weight excluding hydrogens is 386 g/mol. The zero-order valence-corrected chi connectivity index (χ0v) is 17.1. The van der Waals surface area contributed by atoms with Crippen molar-refractivity contribution in [1.29, 1.82) is 0 Å². The number of nitrogen functional groups attached to an aromatic ring is 1. The van der Waals surface area contributed by atoms with E-state index < -0.39 is 0 Å². The van der Waals surface area contributed by atoms with E-state index in [2.05, 4.69) is 31.7 Å². The summed E-state index contributed by atoms with van der Waals surface area (Å²) in [5.74, 6) is 0.554. The number of nitrogens with two attached hydrogens (primary N) is 1. The molecule has 3 aromatic heterocycles. The molecule has 4 rings (SSSR count). The number of benzene rings is 1. The van der Waals surface area contributed by atoms with Crippen LogP contribution < -0.4 is 11.1 Å². The maximum atomic E-state index is 6.05. The first-order valence-electron chi connectivity index (χ1n) is 9.34. The highest BCUT2D eigenvalue weighted by Gasteiger charge is 2.07. The first kappa shape index (κ1) is 19.3. The summed E-state index contributed by atoms with van der Waals surface area (Å²) in [6.45, 7) is 5.99. The van der Waals surface area contributed by atoms with Crippen LogP contribution in [0.2, 0.25) is 5.02 Å². The summed E-state index contributed by atoms with van der Waals surface area (Å²) in [7, 11) is 0. The molecule has 0 aliphatic heterocycles. The smallest absolute Gasteiger partial charge is 0.123 e. The van der Waals surface area contributed by atoms with Crippen LogP contribution in [0.5, 0.6) is 0 Å². The minimum Gasteiger partial charge on any atom is -0.384 e. The van der Waals surface area contributed by atoms with Gasteiger partial charge in [-0.25, -0.2) is 9.67 Å². The summed E-state index contributed by atoms with van der Waals surface area (Å²) in [4.78, 5) is 8.65. The summed E-state index contributed by atoms with van der Waals surface area (Å²) in [6.07, 6.45) is 3.61. The van der Waals surface area contributed by atoms with Crippen LogP contribution in [0.15, 0.2) is 42.7 Å². The molecular formula is C21H22ClN7. The molecule has 0 unspecified atom stereocenters. The van der Waals surface area contributed by atoms with Gasteiger partial charge in [-0.2, -0.15) is 0 Å². The minimum absolute atomic E-state index is 0.554. The molecule has 1 aromatic carbocycles. The SMILES string of the molecule is Cc1cc(N)nc(C)c1CNCc1cn(Cc2ccc3ncc(Cl)cc3c2)nn1. The number of pyridine rings is 2. The zero-order valence-electron chi connectivity index (χ0n) is 16.4. The number of aromatic nitrogens is 5. The maximum absolute atomic E-state index is 6.05. The molecule has 0 aliphatic rings. The highest BCUT2D eigenvalue weighted by atomic mass is 35.5. The van der Waals surface area contributed by atoms with Crippen molar-refractivity contribution in [2.24, 2.45) is 0 Å². The summed E-state index contributed by atoms with van der Waals surface area (Å²) in [5.41, 5.74) is 12.0. The molecule has 3 N–H and O–H groups in total. The van der Waals surface area contributed by atoms with E-state index in [1.165, 1.54) is 0 Å². The van der Waals surface area contributed by atoms with E-state index in [-0.39, 0.29) is 0 Å². The number of anilines is 1. The second-order valence-electron chi connectivity index (χ2n) is 7.12. The first-order chi connectivity index (χ1) is 14.0. The highest BCUT2D eigenvalue weighted by Crippen LogP contribution is 2.19. The third-order valence-corrected chi connectivity index (χ3v) is 5.03. The van der Waals surface area contributed by atoms with Gasteiger partial charge in [-0.05, 0) is 54.8 Å². The van der Waals surface area contributed by atoms with Gasteiger partial charge in [0.1, 0.15) is 5.82 Å². The number of fused-ring (bicyclic) bond motifs is 1. The molecule has 0 fully saturated rings. The van der Waals surface area contributed by atoms with E-state index >= 15 is 0 Å². The summed E-state index contributed by atoms with van der Waals surface area (Å²) >= 11 is 6.05. The Kier molecular flexibility index (Phi) is 5.42. The Morgan fingerprint density at radius 1 is 1.14 bits per heavy atom. The molecule has 0 amide bonds. The second kappa shape index (κ2) is 8.14. The van der Waals surface area contributed by atoms with Gasteiger partial charge in [-0.3, -0.25) is 4.98 Å². The van der Waals surface area contributed by atoms with Gasteiger partial charge in [0, 0.05) is 30.4 Å². The van der Waals surface area contributed by atoms with Crippen molar-refractivity contribution in [1.82, 2.24) is 30.3 Å². The van der Waals surface area contributed by atoms with E-state index in [0.29, 0.717) is 30.5 Å². The van der Waals surface area contributed by atoms with Crippen LogP contribution in [0.4, 0.5) is 5.82 Å².